The van der Waals surface area contributed by atoms with Gasteiger partial charge in [-0.3, -0.25) is 4.39 Å². The molecule has 0 radical (unpaired) electrons. The summed E-state index contributed by atoms with van der Waals surface area (Å²) in [4.78, 5) is 0. The van der Waals surface area contributed by atoms with E-state index in [0.717, 1.165) is 11.3 Å². The van der Waals surface area contributed by atoms with E-state index in [-0.39, 0.29) is 5.92 Å². The average Bonchev–Trinajstić information content (AvgIpc) is 2.30. The van der Waals surface area contributed by atoms with Crippen LogP contribution in [0.1, 0.15) is 11.5 Å². The third-order valence-electron chi connectivity index (χ3n) is 2.51. The van der Waals surface area contributed by atoms with Crippen molar-refractivity contribution in [1.29, 1.82) is 0 Å². The van der Waals surface area contributed by atoms with Crippen LogP contribution in [0.15, 0.2) is 18.2 Å². The van der Waals surface area contributed by atoms with E-state index in [1.807, 2.05) is 18.2 Å². The van der Waals surface area contributed by atoms with Crippen molar-refractivity contribution in [2.75, 3.05) is 26.4 Å². The van der Waals surface area contributed by atoms with Crippen LogP contribution in [-0.2, 0) is 0 Å². The predicted molar refractivity (Wildman–Crippen MR) is 55.2 cm³/mol. The zero-order chi connectivity index (χ0) is 10.7. The molecule has 1 aliphatic rings. The minimum absolute atomic E-state index is 0.249. The van der Waals surface area contributed by atoms with Crippen LogP contribution in [0.3, 0.4) is 0 Å². The second-order valence-corrected chi connectivity index (χ2v) is 3.49. The van der Waals surface area contributed by atoms with Crippen molar-refractivity contribution in [2.24, 2.45) is 5.73 Å². The van der Waals surface area contributed by atoms with Crippen LogP contribution >= 0.6 is 0 Å². The Balaban J connectivity index is 2.27. The van der Waals surface area contributed by atoms with Gasteiger partial charge < -0.3 is 15.2 Å². The summed E-state index contributed by atoms with van der Waals surface area (Å²) in [5.41, 5.74) is 6.34. The lowest BCUT2D eigenvalue weighted by Crippen LogP contribution is -2.17. The summed E-state index contributed by atoms with van der Waals surface area (Å²) in [5.74, 6) is 1.16. The van der Waals surface area contributed by atoms with Crippen LogP contribution in [0.25, 0.3) is 0 Å². The molecule has 4 heteroatoms. The van der Waals surface area contributed by atoms with E-state index >= 15 is 0 Å². The first-order valence-electron chi connectivity index (χ1n) is 5.00. The summed E-state index contributed by atoms with van der Waals surface area (Å²) in [6.45, 7) is 0.960. The van der Waals surface area contributed by atoms with Gasteiger partial charge in [-0.15, -0.1) is 0 Å². The van der Waals surface area contributed by atoms with E-state index in [1.165, 1.54) is 0 Å². The van der Waals surface area contributed by atoms with Gasteiger partial charge in [-0.1, -0.05) is 6.07 Å². The van der Waals surface area contributed by atoms with Gasteiger partial charge in [0.1, 0.15) is 13.2 Å². The first-order valence-corrected chi connectivity index (χ1v) is 5.00. The van der Waals surface area contributed by atoms with Crippen LogP contribution in [0.5, 0.6) is 11.5 Å². The Kier molecular flexibility index (Phi) is 3.06. The lowest BCUT2D eigenvalue weighted by Gasteiger charge is -2.20. The largest absolute Gasteiger partial charge is 0.486 e. The van der Waals surface area contributed by atoms with Crippen LogP contribution in [0.2, 0.25) is 0 Å². The highest BCUT2D eigenvalue weighted by Crippen LogP contribution is 2.32. The number of nitrogens with two attached hydrogens (primary N) is 1. The predicted octanol–water partition coefficient (Wildman–Crippen LogP) is 1.47. The molecular weight excluding hydrogens is 197 g/mol. The Bertz CT molecular complexity index is 339. The normalized spacial score (nSPS) is 16.1. The van der Waals surface area contributed by atoms with Crippen LogP contribution in [0.4, 0.5) is 4.39 Å². The molecule has 1 unspecified atom stereocenters. The molecule has 1 atom stereocenters. The minimum Gasteiger partial charge on any atom is -0.486 e. The standard InChI is InChI=1S/C11H14FNO2/c12-6-9(7-13)8-1-2-10-11(5-8)15-4-3-14-10/h1-2,5,9H,3-4,6-7,13H2. The van der Waals surface area contributed by atoms with Crippen molar-refractivity contribution in [1.82, 2.24) is 0 Å². The van der Waals surface area contributed by atoms with Gasteiger partial charge in [0.25, 0.3) is 0 Å². The molecule has 1 aliphatic heterocycles. The lowest BCUT2D eigenvalue weighted by atomic mass is 10.00. The van der Waals surface area contributed by atoms with E-state index in [4.69, 9.17) is 15.2 Å². The van der Waals surface area contributed by atoms with Gasteiger partial charge in [0.15, 0.2) is 11.5 Å². The van der Waals surface area contributed by atoms with E-state index in [0.29, 0.717) is 25.5 Å². The van der Waals surface area contributed by atoms with Crippen LogP contribution in [0, 0.1) is 0 Å². The molecule has 1 aromatic carbocycles. The van der Waals surface area contributed by atoms with E-state index in [2.05, 4.69) is 0 Å². The molecule has 2 rings (SSSR count). The fraction of sp³-hybridized carbons (Fsp3) is 0.455. The van der Waals surface area contributed by atoms with Crippen molar-refractivity contribution in [2.45, 2.75) is 5.92 Å². The number of halogens is 1. The molecule has 0 amide bonds. The summed E-state index contributed by atoms with van der Waals surface area (Å²) < 4.78 is 23.4. The highest BCUT2D eigenvalue weighted by atomic mass is 19.1. The molecule has 82 valence electrons. The summed E-state index contributed by atoms with van der Waals surface area (Å²) >= 11 is 0. The molecule has 0 spiro atoms. The Morgan fingerprint density at radius 3 is 2.67 bits per heavy atom. The van der Waals surface area contributed by atoms with Gasteiger partial charge in [-0.05, 0) is 17.7 Å². The summed E-state index contributed by atoms with van der Waals surface area (Å²) in [5, 5.41) is 0. The van der Waals surface area contributed by atoms with Gasteiger partial charge in [-0.2, -0.15) is 0 Å². The van der Waals surface area contributed by atoms with Crippen LogP contribution in [-0.4, -0.2) is 26.4 Å². The highest BCUT2D eigenvalue weighted by Gasteiger charge is 2.15. The van der Waals surface area contributed by atoms with Gasteiger partial charge in [0.2, 0.25) is 0 Å². The van der Waals surface area contributed by atoms with Gasteiger partial charge in [0, 0.05) is 12.5 Å². The molecule has 1 heterocycles. The van der Waals surface area contributed by atoms with Gasteiger partial charge >= 0.3 is 0 Å². The van der Waals surface area contributed by atoms with Crippen molar-refractivity contribution in [3.63, 3.8) is 0 Å². The third kappa shape index (κ3) is 2.04. The number of alkyl halides is 1. The molecule has 1 aromatic rings. The topological polar surface area (TPSA) is 44.5 Å². The zero-order valence-electron chi connectivity index (χ0n) is 8.41. The Labute approximate surface area is 88.0 Å². The fourth-order valence-corrected chi connectivity index (χ4v) is 1.60. The first-order chi connectivity index (χ1) is 7.35. The van der Waals surface area contributed by atoms with Gasteiger partial charge in [0.05, 0.1) is 6.67 Å². The molecule has 0 aromatic heterocycles. The lowest BCUT2D eigenvalue weighted by molar-refractivity contribution is 0.171. The average molecular weight is 211 g/mol. The van der Waals surface area contributed by atoms with Crippen molar-refractivity contribution in [3.05, 3.63) is 23.8 Å². The zero-order valence-corrected chi connectivity index (χ0v) is 8.41. The number of hydrogen-bond donors (Lipinski definition) is 1. The first kappa shape index (κ1) is 10.2. The monoisotopic (exact) mass is 211 g/mol. The molecule has 3 nitrogen and oxygen atoms in total. The minimum atomic E-state index is -0.448. The van der Waals surface area contributed by atoms with E-state index < -0.39 is 6.67 Å². The summed E-state index contributed by atoms with van der Waals surface area (Å²) in [7, 11) is 0. The fourth-order valence-electron chi connectivity index (χ4n) is 1.60. The maximum absolute atomic E-state index is 12.6. The van der Waals surface area contributed by atoms with Crippen molar-refractivity contribution in [3.8, 4) is 11.5 Å². The second kappa shape index (κ2) is 4.49. The SMILES string of the molecule is NCC(CF)c1ccc2c(c1)OCCO2. The number of benzene rings is 1. The Morgan fingerprint density at radius 2 is 2.00 bits per heavy atom. The van der Waals surface area contributed by atoms with Crippen molar-refractivity contribution < 1.29 is 13.9 Å². The van der Waals surface area contributed by atoms with Crippen molar-refractivity contribution >= 4 is 0 Å². The molecule has 0 fully saturated rings. The van der Waals surface area contributed by atoms with E-state index in [1.54, 1.807) is 0 Å². The molecule has 2 N–H and O–H groups in total. The number of ether oxygens (including phenoxy) is 2. The Morgan fingerprint density at radius 1 is 1.27 bits per heavy atom. The van der Waals surface area contributed by atoms with Gasteiger partial charge in [-0.25, -0.2) is 0 Å². The Hall–Kier alpha value is -1.29. The smallest absolute Gasteiger partial charge is 0.161 e. The van der Waals surface area contributed by atoms with Crippen LogP contribution < -0.4 is 15.2 Å². The highest BCUT2D eigenvalue weighted by molar-refractivity contribution is 5.44. The molecule has 0 aliphatic carbocycles. The quantitative estimate of drug-likeness (QED) is 0.823. The molecule has 0 saturated carbocycles. The number of hydrogen-bond acceptors (Lipinski definition) is 3. The molecule has 0 bridgehead atoms. The summed E-state index contributed by atoms with van der Waals surface area (Å²) in [6, 6.07) is 5.46. The molecular formula is C11H14FNO2. The molecule has 0 saturated heterocycles. The maximum Gasteiger partial charge on any atom is 0.161 e. The molecule has 15 heavy (non-hydrogen) atoms. The second-order valence-electron chi connectivity index (χ2n) is 3.49. The number of rotatable bonds is 3. The van der Waals surface area contributed by atoms with E-state index in [9.17, 15) is 4.39 Å². The maximum atomic E-state index is 12.6. The summed E-state index contributed by atoms with van der Waals surface area (Å²) in [6.07, 6.45) is 0. The number of fused-ring (bicyclic) bond motifs is 1. The third-order valence-corrected chi connectivity index (χ3v) is 2.51.